The van der Waals surface area contributed by atoms with Crippen LogP contribution in [0.15, 0.2) is 77.7 Å². The number of nitrogens with one attached hydrogen (secondary N) is 1. The average molecular weight is 457 g/mol. The molecule has 0 aliphatic heterocycles. The number of carbonyl (C=O) groups is 1. The summed E-state index contributed by atoms with van der Waals surface area (Å²) < 4.78 is 46.3. The van der Waals surface area contributed by atoms with Crippen LogP contribution in [0.2, 0.25) is 0 Å². The third kappa shape index (κ3) is 5.85. The molecule has 0 saturated heterocycles. The Kier molecular flexibility index (Phi) is 7.48. The summed E-state index contributed by atoms with van der Waals surface area (Å²) in [6.07, 6.45) is 0. The second-order valence-corrected chi connectivity index (χ2v) is 9.02. The van der Waals surface area contributed by atoms with Gasteiger partial charge < -0.3 is 10.1 Å². The highest BCUT2D eigenvalue weighted by Crippen LogP contribution is 2.25. The molecular weight excluding hydrogens is 431 g/mol. The Balaban J connectivity index is 1.83. The van der Waals surface area contributed by atoms with Crippen LogP contribution in [0.25, 0.3) is 0 Å². The van der Waals surface area contributed by atoms with Crippen molar-refractivity contribution in [3.05, 3.63) is 89.7 Å². The number of aryl methyl sites for hydroxylation is 1. The third-order valence-electron chi connectivity index (χ3n) is 4.73. The van der Waals surface area contributed by atoms with Crippen LogP contribution in [-0.2, 0) is 21.4 Å². The Morgan fingerprint density at radius 3 is 2.19 bits per heavy atom. The number of carbonyl (C=O) groups excluding carboxylic acids is 1. The van der Waals surface area contributed by atoms with Crippen molar-refractivity contribution in [2.45, 2.75) is 25.3 Å². The maximum absolute atomic E-state index is 13.4. The number of amides is 1. The van der Waals surface area contributed by atoms with E-state index < -0.39 is 22.5 Å². The highest BCUT2D eigenvalue weighted by Gasteiger charge is 2.27. The largest absolute Gasteiger partial charge is 0.494 e. The number of nitrogens with zero attached hydrogens (tertiary/aromatic N) is 1. The predicted molar refractivity (Wildman–Crippen MR) is 122 cm³/mol. The zero-order valence-electron chi connectivity index (χ0n) is 17.9. The standard InChI is InChI=1S/C24H25FN2O4S/c1-3-31-22-12-14-23(15-13-22)32(29,30)27(21-10-4-18(2)5-11-21)17-24(28)26-16-19-6-8-20(25)9-7-19/h4-15H,3,16-17H2,1-2H3,(H,26,28). The van der Waals surface area contributed by atoms with Crippen molar-refractivity contribution < 1.29 is 22.3 Å². The summed E-state index contributed by atoms with van der Waals surface area (Å²) in [6, 6.07) is 18.7. The maximum atomic E-state index is 13.4. The van der Waals surface area contributed by atoms with Gasteiger partial charge in [0.2, 0.25) is 5.91 Å². The van der Waals surface area contributed by atoms with E-state index in [9.17, 15) is 17.6 Å². The lowest BCUT2D eigenvalue weighted by Crippen LogP contribution is -2.40. The van der Waals surface area contributed by atoms with Gasteiger partial charge in [-0.25, -0.2) is 12.8 Å². The topological polar surface area (TPSA) is 75.7 Å². The first-order valence-corrected chi connectivity index (χ1v) is 11.6. The lowest BCUT2D eigenvalue weighted by molar-refractivity contribution is -0.119. The molecule has 3 aromatic carbocycles. The summed E-state index contributed by atoms with van der Waals surface area (Å²) in [5.41, 5.74) is 2.05. The summed E-state index contributed by atoms with van der Waals surface area (Å²) in [7, 11) is -4.01. The molecule has 0 fully saturated rings. The molecule has 0 atom stereocenters. The van der Waals surface area contributed by atoms with E-state index in [0.29, 0.717) is 23.6 Å². The number of hydrogen-bond donors (Lipinski definition) is 1. The normalized spacial score (nSPS) is 11.1. The average Bonchev–Trinajstić information content (AvgIpc) is 2.78. The SMILES string of the molecule is CCOc1ccc(S(=O)(=O)N(CC(=O)NCc2ccc(F)cc2)c2ccc(C)cc2)cc1. The molecule has 0 aliphatic carbocycles. The van der Waals surface area contributed by atoms with Gasteiger partial charge in [-0.2, -0.15) is 0 Å². The number of anilines is 1. The fourth-order valence-corrected chi connectivity index (χ4v) is 4.44. The van der Waals surface area contributed by atoms with Gasteiger partial charge >= 0.3 is 0 Å². The highest BCUT2D eigenvalue weighted by molar-refractivity contribution is 7.92. The summed E-state index contributed by atoms with van der Waals surface area (Å²) in [5, 5.41) is 2.69. The number of halogens is 1. The smallest absolute Gasteiger partial charge is 0.264 e. The van der Waals surface area contributed by atoms with E-state index in [-0.39, 0.29) is 17.3 Å². The monoisotopic (exact) mass is 456 g/mol. The van der Waals surface area contributed by atoms with Gasteiger partial charge in [0.15, 0.2) is 0 Å². The third-order valence-corrected chi connectivity index (χ3v) is 6.52. The van der Waals surface area contributed by atoms with Crippen LogP contribution >= 0.6 is 0 Å². The molecule has 0 heterocycles. The van der Waals surface area contributed by atoms with Gasteiger partial charge in [0.25, 0.3) is 10.0 Å². The van der Waals surface area contributed by atoms with Crippen molar-refractivity contribution in [2.24, 2.45) is 0 Å². The Hall–Kier alpha value is -3.39. The lowest BCUT2D eigenvalue weighted by Gasteiger charge is -2.24. The van der Waals surface area contributed by atoms with Crippen molar-refractivity contribution in [1.29, 1.82) is 0 Å². The molecule has 6 nitrogen and oxygen atoms in total. The second-order valence-electron chi connectivity index (χ2n) is 7.15. The molecule has 3 aromatic rings. The van der Waals surface area contributed by atoms with E-state index in [1.54, 1.807) is 48.5 Å². The van der Waals surface area contributed by atoms with Crippen molar-refractivity contribution in [1.82, 2.24) is 5.32 Å². The minimum absolute atomic E-state index is 0.0489. The number of sulfonamides is 1. The molecule has 0 saturated carbocycles. The molecule has 1 N–H and O–H groups in total. The summed E-state index contributed by atoms with van der Waals surface area (Å²) in [6.45, 7) is 3.96. The first-order valence-electron chi connectivity index (χ1n) is 10.1. The lowest BCUT2D eigenvalue weighted by atomic mass is 10.2. The first-order chi connectivity index (χ1) is 15.3. The molecule has 1 amide bonds. The van der Waals surface area contributed by atoms with Crippen molar-refractivity contribution in [3.63, 3.8) is 0 Å². The van der Waals surface area contributed by atoms with Gasteiger partial charge in [0, 0.05) is 6.54 Å². The molecule has 0 bridgehead atoms. The Labute approximate surface area is 187 Å². The zero-order valence-corrected chi connectivity index (χ0v) is 18.7. The van der Waals surface area contributed by atoms with Gasteiger partial charge in [-0.3, -0.25) is 9.10 Å². The number of hydrogen-bond acceptors (Lipinski definition) is 4. The quantitative estimate of drug-likeness (QED) is 0.527. The molecule has 168 valence electrons. The molecule has 0 spiro atoms. The minimum Gasteiger partial charge on any atom is -0.494 e. The van der Waals surface area contributed by atoms with Crippen LogP contribution in [0.3, 0.4) is 0 Å². The molecule has 0 unspecified atom stereocenters. The number of benzene rings is 3. The van der Waals surface area contributed by atoms with Gasteiger partial charge in [-0.05, 0) is 67.9 Å². The van der Waals surface area contributed by atoms with Gasteiger partial charge in [-0.15, -0.1) is 0 Å². The van der Waals surface area contributed by atoms with E-state index in [1.807, 2.05) is 13.8 Å². The van der Waals surface area contributed by atoms with Gasteiger partial charge in [0.1, 0.15) is 18.1 Å². The van der Waals surface area contributed by atoms with E-state index in [0.717, 1.165) is 9.87 Å². The van der Waals surface area contributed by atoms with Crippen LogP contribution in [0.4, 0.5) is 10.1 Å². The van der Waals surface area contributed by atoms with Crippen molar-refractivity contribution >= 4 is 21.6 Å². The second kappa shape index (κ2) is 10.3. The fraction of sp³-hybridized carbons (Fsp3) is 0.208. The minimum atomic E-state index is -4.01. The Morgan fingerprint density at radius 1 is 0.969 bits per heavy atom. The first kappa shape index (κ1) is 23.3. The maximum Gasteiger partial charge on any atom is 0.264 e. The molecule has 0 aromatic heterocycles. The molecule has 0 aliphatic rings. The van der Waals surface area contributed by atoms with Crippen LogP contribution in [0.1, 0.15) is 18.1 Å². The molecule has 8 heteroatoms. The van der Waals surface area contributed by atoms with E-state index in [2.05, 4.69) is 5.32 Å². The molecule has 32 heavy (non-hydrogen) atoms. The van der Waals surface area contributed by atoms with Crippen molar-refractivity contribution in [3.8, 4) is 5.75 Å². The predicted octanol–water partition coefficient (Wildman–Crippen LogP) is 4.04. The summed E-state index contributed by atoms with van der Waals surface area (Å²) in [4.78, 5) is 12.7. The molecular formula is C24H25FN2O4S. The zero-order chi connectivity index (χ0) is 23.1. The summed E-state index contributed by atoms with van der Waals surface area (Å²) in [5.74, 6) is -0.290. The molecule has 0 radical (unpaired) electrons. The van der Waals surface area contributed by atoms with Crippen LogP contribution in [-0.4, -0.2) is 27.5 Å². The van der Waals surface area contributed by atoms with E-state index in [4.69, 9.17) is 4.74 Å². The van der Waals surface area contributed by atoms with Crippen LogP contribution < -0.4 is 14.4 Å². The Morgan fingerprint density at radius 2 is 1.59 bits per heavy atom. The number of rotatable bonds is 9. The van der Waals surface area contributed by atoms with Gasteiger partial charge in [0.05, 0.1) is 17.2 Å². The highest BCUT2D eigenvalue weighted by atomic mass is 32.2. The van der Waals surface area contributed by atoms with E-state index in [1.165, 1.54) is 24.3 Å². The van der Waals surface area contributed by atoms with Crippen molar-refractivity contribution in [2.75, 3.05) is 17.5 Å². The van der Waals surface area contributed by atoms with Crippen LogP contribution in [0, 0.1) is 12.7 Å². The fourth-order valence-electron chi connectivity index (χ4n) is 3.02. The Bertz CT molecular complexity index is 1150. The molecule has 3 rings (SSSR count). The van der Waals surface area contributed by atoms with E-state index >= 15 is 0 Å². The van der Waals surface area contributed by atoms with Gasteiger partial charge in [-0.1, -0.05) is 29.8 Å². The van der Waals surface area contributed by atoms with Crippen LogP contribution in [0.5, 0.6) is 5.75 Å². The number of ether oxygens (including phenoxy) is 1. The summed E-state index contributed by atoms with van der Waals surface area (Å²) >= 11 is 0.